The van der Waals surface area contributed by atoms with Crippen molar-refractivity contribution in [3.63, 3.8) is 0 Å². The lowest BCUT2D eigenvalue weighted by molar-refractivity contribution is -0.384. The van der Waals surface area contributed by atoms with E-state index in [0.29, 0.717) is 0 Å². The van der Waals surface area contributed by atoms with E-state index < -0.39 is 4.92 Å². The first-order valence-electron chi connectivity index (χ1n) is 7.54. The highest BCUT2D eigenvalue weighted by Crippen LogP contribution is 2.41. The number of nitrogens with one attached hydrogen (secondary N) is 1. The second-order valence-electron chi connectivity index (χ2n) is 5.95. The Kier molecular flexibility index (Phi) is 4.42. The summed E-state index contributed by atoms with van der Waals surface area (Å²) in [7, 11) is 0. The van der Waals surface area contributed by atoms with Crippen LogP contribution in [0, 0.1) is 16.0 Å². The van der Waals surface area contributed by atoms with Crippen LogP contribution < -0.4 is 5.32 Å². The number of rotatable bonds is 5. The highest BCUT2D eigenvalue weighted by Gasteiger charge is 2.31. The molecule has 6 heteroatoms. The summed E-state index contributed by atoms with van der Waals surface area (Å²) in [5, 5.41) is 14.7. The topological polar surface area (TPSA) is 58.4 Å². The average molecular weight is 310 g/mol. The third-order valence-corrected chi connectivity index (χ3v) is 4.72. The predicted octanol–water partition coefficient (Wildman–Crippen LogP) is 2.99. The smallest absolute Gasteiger partial charge is 0.288 e. The molecule has 1 atom stereocenters. The molecule has 1 saturated carbocycles. The Morgan fingerprint density at radius 2 is 2.10 bits per heavy atom. The molecule has 0 unspecified atom stereocenters. The molecule has 2 aliphatic rings. The summed E-state index contributed by atoms with van der Waals surface area (Å²) in [6, 6.07) is 5.55. The van der Waals surface area contributed by atoms with Crippen LogP contribution >= 0.6 is 11.6 Å². The Balaban J connectivity index is 1.87. The SMILES string of the molecule is O=[N+]([O-])c1cc([C@@H](CC2CC2)N2CCNCC2)ccc1Cl. The van der Waals surface area contributed by atoms with Gasteiger partial charge in [-0.3, -0.25) is 15.0 Å². The van der Waals surface area contributed by atoms with Gasteiger partial charge >= 0.3 is 0 Å². The van der Waals surface area contributed by atoms with Crippen LogP contribution in [-0.4, -0.2) is 36.0 Å². The molecule has 1 saturated heterocycles. The van der Waals surface area contributed by atoms with Crippen molar-refractivity contribution in [2.75, 3.05) is 26.2 Å². The van der Waals surface area contributed by atoms with Gasteiger partial charge in [0.15, 0.2) is 0 Å². The van der Waals surface area contributed by atoms with E-state index in [4.69, 9.17) is 11.6 Å². The summed E-state index contributed by atoms with van der Waals surface area (Å²) in [6.07, 6.45) is 3.68. The van der Waals surface area contributed by atoms with Gasteiger partial charge in [-0.2, -0.15) is 0 Å². The summed E-state index contributed by atoms with van der Waals surface area (Å²) in [6.45, 7) is 3.95. The molecule has 1 aromatic rings. The lowest BCUT2D eigenvalue weighted by atomic mass is 9.98. The molecule has 2 fully saturated rings. The van der Waals surface area contributed by atoms with Gasteiger partial charge in [0, 0.05) is 38.3 Å². The molecule has 1 aliphatic heterocycles. The minimum absolute atomic E-state index is 0.0186. The van der Waals surface area contributed by atoms with Crippen molar-refractivity contribution in [3.8, 4) is 0 Å². The maximum absolute atomic E-state index is 11.1. The van der Waals surface area contributed by atoms with Gasteiger partial charge in [0.2, 0.25) is 0 Å². The number of piperazine rings is 1. The first-order valence-corrected chi connectivity index (χ1v) is 7.91. The molecule has 3 rings (SSSR count). The lowest BCUT2D eigenvalue weighted by Crippen LogP contribution is -2.45. The van der Waals surface area contributed by atoms with Gasteiger partial charge in [-0.05, 0) is 24.0 Å². The fourth-order valence-electron chi connectivity index (χ4n) is 3.04. The van der Waals surface area contributed by atoms with Crippen molar-refractivity contribution >= 4 is 17.3 Å². The molecule has 0 amide bonds. The molecular weight excluding hydrogens is 290 g/mol. The molecule has 0 bridgehead atoms. The van der Waals surface area contributed by atoms with Gasteiger partial charge in [0.25, 0.3) is 5.69 Å². The van der Waals surface area contributed by atoms with Crippen LogP contribution in [0.25, 0.3) is 0 Å². The molecule has 0 radical (unpaired) electrons. The van der Waals surface area contributed by atoms with Gasteiger partial charge in [-0.1, -0.05) is 30.5 Å². The summed E-state index contributed by atoms with van der Waals surface area (Å²) in [5.41, 5.74) is 1.05. The molecule has 1 aliphatic carbocycles. The Morgan fingerprint density at radius 1 is 1.38 bits per heavy atom. The quantitative estimate of drug-likeness (QED) is 0.671. The Bertz CT molecular complexity index is 528. The number of hydrogen-bond acceptors (Lipinski definition) is 4. The number of hydrogen-bond donors (Lipinski definition) is 1. The van der Waals surface area contributed by atoms with Crippen molar-refractivity contribution in [1.82, 2.24) is 10.2 Å². The summed E-state index contributed by atoms with van der Waals surface area (Å²) in [5.74, 6) is 0.777. The molecule has 1 N–H and O–H groups in total. The summed E-state index contributed by atoms with van der Waals surface area (Å²) in [4.78, 5) is 13.2. The number of nitro groups is 1. The van der Waals surface area contributed by atoms with Crippen LogP contribution in [-0.2, 0) is 0 Å². The standard InChI is InChI=1S/C15H20ClN3O2/c16-13-4-3-12(10-15(13)19(20)21)14(9-11-1-2-11)18-7-5-17-6-8-18/h3-4,10-11,14,17H,1-2,5-9H2/t14-/m1/s1. The van der Waals surface area contributed by atoms with Crippen molar-refractivity contribution < 1.29 is 4.92 Å². The zero-order valence-corrected chi connectivity index (χ0v) is 12.7. The minimum Gasteiger partial charge on any atom is -0.314 e. The molecule has 0 aromatic heterocycles. The van der Waals surface area contributed by atoms with Crippen LogP contribution in [0.2, 0.25) is 5.02 Å². The highest BCUT2D eigenvalue weighted by atomic mass is 35.5. The van der Waals surface area contributed by atoms with E-state index in [2.05, 4.69) is 10.2 Å². The van der Waals surface area contributed by atoms with Gasteiger partial charge < -0.3 is 5.32 Å². The first kappa shape index (κ1) is 14.8. The van der Waals surface area contributed by atoms with Crippen LogP contribution in [0.4, 0.5) is 5.69 Å². The van der Waals surface area contributed by atoms with Crippen LogP contribution in [0.5, 0.6) is 0 Å². The second-order valence-corrected chi connectivity index (χ2v) is 6.36. The summed E-state index contributed by atoms with van der Waals surface area (Å²) < 4.78 is 0. The van der Waals surface area contributed by atoms with E-state index in [0.717, 1.165) is 44.1 Å². The van der Waals surface area contributed by atoms with Crippen molar-refractivity contribution in [1.29, 1.82) is 0 Å². The van der Waals surface area contributed by atoms with Crippen LogP contribution in [0.1, 0.15) is 30.9 Å². The van der Waals surface area contributed by atoms with Crippen LogP contribution in [0.15, 0.2) is 18.2 Å². The summed E-state index contributed by atoms with van der Waals surface area (Å²) >= 11 is 5.93. The first-order chi connectivity index (χ1) is 10.1. The number of nitro benzene ring substituents is 1. The number of benzene rings is 1. The third kappa shape index (κ3) is 3.54. The van der Waals surface area contributed by atoms with Crippen LogP contribution in [0.3, 0.4) is 0 Å². The Hall–Kier alpha value is -1.17. The monoisotopic (exact) mass is 309 g/mol. The fraction of sp³-hybridized carbons (Fsp3) is 0.600. The van der Waals surface area contributed by atoms with E-state index in [1.165, 1.54) is 12.8 Å². The highest BCUT2D eigenvalue weighted by molar-refractivity contribution is 6.32. The molecule has 21 heavy (non-hydrogen) atoms. The average Bonchev–Trinajstić information content (AvgIpc) is 3.30. The Labute approximate surface area is 129 Å². The van der Waals surface area contributed by atoms with Crippen molar-refractivity contribution in [3.05, 3.63) is 38.9 Å². The fourth-order valence-corrected chi connectivity index (χ4v) is 3.22. The largest absolute Gasteiger partial charge is 0.314 e. The van der Waals surface area contributed by atoms with Gasteiger partial charge in [0.1, 0.15) is 5.02 Å². The molecule has 0 spiro atoms. The molecular formula is C15H20ClN3O2. The maximum atomic E-state index is 11.1. The number of halogens is 1. The lowest BCUT2D eigenvalue weighted by Gasteiger charge is -2.35. The third-order valence-electron chi connectivity index (χ3n) is 4.40. The minimum atomic E-state index is -0.391. The number of nitrogens with zero attached hydrogens (tertiary/aromatic N) is 2. The van der Waals surface area contributed by atoms with Crippen molar-refractivity contribution in [2.45, 2.75) is 25.3 Å². The van der Waals surface area contributed by atoms with E-state index in [1.54, 1.807) is 12.1 Å². The van der Waals surface area contributed by atoms with Gasteiger partial charge in [0.05, 0.1) is 4.92 Å². The maximum Gasteiger partial charge on any atom is 0.288 e. The molecule has 114 valence electrons. The molecule has 5 nitrogen and oxygen atoms in total. The Morgan fingerprint density at radius 3 is 2.71 bits per heavy atom. The normalized spacial score (nSPS) is 21.2. The van der Waals surface area contributed by atoms with E-state index >= 15 is 0 Å². The molecule has 1 aromatic carbocycles. The van der Waals surface area contributed by atoms with Gasteiger partial charge in [-0.15, -0.1) is 0 Å². The zero-order valence-electron chi connectivity index (χ0n) is 11.9. The van der Waals surface area contributed by atoms with E-state index in [-0.39, 0.29) is 16.8 Å². The predicted molar refractivity (Wildman–Crippen MR) is 82.6 cm³/mol. The zero-order chi connectivity index (χ0) is 14.8. The van der Waals surface area contributed by atoms with Crippen molar-refractivity contribution in [2.24, 2.45) is 5.92 Å². The van der Waals surface area contributed by atoms with E-state index in [9.17, 15) is 10.1 Å². The second kappa shape index (κ2) is 6.30. The van der Waals surface area contributed by atoms with Gasteiger partial charge in [-0.25, -0.2) is 0 Å². The van der Waals surface area contributed by atoms with E-state index in [1.807, 2.05) is 6.07 Å². The molecule has 1 heterocycles.